The summed E-state index contributed by atoms with van der Waals surface area (Å²) >= 11 is 0. The van der Waals surface area contributed by atoms with E-state index >= 15 is 0 Å². The molecule has 0 spiro atoms. The number of sulfone groups is 1. The van der Waals surface area contributed by atoms with Crippen LogP contribution < -0.4 is 10.2 Å². The summed E-state index contributed by atoms with van der Waals surface area (Å²) in [7, 11) is -1.97. The van der Waals surface area contributed by atoms with Crippen molar-refractivity contribution in [2.45, 2.75) is 19.4 Å². The van der Waals surface area contributed by atoms with Gasteiger partial charge in [0, 0.05) is 11.8 Å². The Morgan fingerprint density at radius 2 is 1.79 bits per heavy atom. The van der Waals surface area contributed by atoms with Gasteiger partial charge in [-0.15, -0.1) is 0 Å². The summed E-state index contributed by atoms with van der Waals surface area (Å²) in [5.41, 5.74) is 6.53. The third kappa shape index (κ3) is 3.40. The molecule has 1 unspecified atom stereocenters. The van der Waals surface area contributed by atoms with E-state index in [2.05, 4.69) is 10.5 Å². The van der Waals surface area contributed by atoms with Crippen LogP contribution in [-0.4, -0.2) is 36.6 Å². The number of fused-ring (bicyclic) bond motifs is 1. The first-order valence-corrected chi connectivity index (χ1v) is 11.2. The van der Waals surface area contributed by atoms with Gasteiger partial charge in [-0.05, 0) is 29.7 Å². The number of anilines is 1. The molecule has 0 saturated carbocycles. The molecule has 0 bridgehead atoms. The van der Waals surface area contributed by atoms with Crippen molar-refractivity contribution >= 4 is 20.7 Å². The zero-order chi connectivity index (χ0) is 20.6. The predicted molar refractivity (Wildman–Crippen MR) is 114 cm³/mol. The summed E-state index contributed by atoms with van der Waals surface area (Å²) in [6.07, 6.45) is 1.87. The highest BCUT2D eigenvalue weighted by Crippen LogP contribution is 2.39. The number of nitrogens with one attached hydrogen (secondary N) is 1. The number of hydrogen-bond donors (Lipinski definition) is 1. The maximum absolute atomic E-state index is 12.5. The molecule has 2 heterocycles. The Bertz CT molecular complexity index is 1170. The smallest absolute Gasteiger partial charge is 0.193 e. The molecule has 1 aromatic heterocycles. The lowest BCUT2D eigenvalue weighted by Gasteiger charge is -2.25. The van der Waals surface area contributed by atoms with Gasteiger partial charge in [0.1, 0.15) is 11.8 Å². The summed E-state index contributed by atoms with van der Waals surface area (Å²) in [4.78, 5) is 0. The topological polar surface area (TPSA) is 85.6 Å². The summed E-state index contributed by atoms with van der Waals surface area (Å²) in [6.45, 7) is 2.03. The van der Waals surface area contributed by atoms with Crippen molar-refractivity contribution in [1.29, 1.82) is 0 Å². The molecule has 1 atom stereocenters. The van der Waals surface area contributed by atoms with Gasteiger partial charge in [-0.3, -0.25) is 5.43 Å². The van der Waals surface area contributed by atoms with Crippen LogP contribution in [0.3, 0.4) is 0 Å². The van der Waals surface area contributed by atoms with Crippen molar-refractivity contribution in [3.63, 3.8) is 0 Å². The third-order valence-electron chi connectivity index (χ3n) is 4.94. The Hall–Kier alpha value is -3.13. The molecular weight excluding hydrogens is 388 g/mol. The maximum atomic E-state index is 12.5. The van der Waals surface area contributed by atoms with Crippen molar-refractivity contribution in [2.24, 2.45) is 5.10 Å². The quantitative estimate of drug-likeness (QED) is 0.712. The Morgan fingerprint density at radius 1 is 1.10 bits per heavy atom. The summed E-state index contributed by atoms with van der Waals surface area (Å²) in [6, 6.07) is 16.5. The van der Waals surface area contributed by atoms with E-state index in [1.165, 1.54) is 0 Å². The van der Waals surface area contributed by atoms with Gasteiger partial charge in [0.25, 0.3) is 0 Å². The highest BCUT2D eigenvalue weighted by atomic mass is 32.2. The first kappa shape index (κ1) is 19.2. The van der Waals surface area contributed by atoms with Crippen LogP contribution in [0, 0.1) is 0 Å². The van der Waals surface area contributed by atoms with Gasteiger partial charge < -0.3 is 4.74 Å². The molecule has 1 N–H and O–H groups in total. The number of methoxy groups -OCH3 is 1. The predicted octanol–water partition coefficient (Wildman–Crippen LogP) is 3.49. The second-order valence-corrected chi connectivity index (χ2v) is 8.81. The second-order valence-electron chi connectivity index (χ2n) is 6.84. The third-order valence-corrected chi connectivity index (χ3v) is 6.02. The molecule has 29 heavy (non-hydrogen) atoms. The molecule has 150 valence electrons. The van der Waals surface area contributed by atoms with Crippen molar-refractivity contribution in [3.05, 3.63) is 65.9 Å². The van der Waals surface area contributed by atoms with E-state index in [-0.39, 0.29) is 5.04 Å². The minimum Gasteiger partial charge on any atom is -0.497 e. The molecule has 7 nitrogen and oxygen atoms in total. The highest BCUT2D eigenvalue weighted by Gasteiger charge is 2.36. The molecule has 8 heteroatoms. The highest BCUT2D eigenvalue weighted by molar-refractivity contribution is 8.05. The average molecular weight is 410 g/mol. The number of benzene rings is 2. The van der Waals surface area contributed by atoms with Crippen LogP contribution in [-0.2, 0) is 16.3 Å². The van der Waals surface area contributed by atoms with E-state index in [9.17, 15) is 8.42 Å². The molecule has 0 saturated heterocycles. The zero-order valence-corrected chi connectivity index (χ0v) is 17.3. The lowest BCUT2D eigenvalue weighted by atomic mass is 10.0. The van der Waals surface area contributed by atoms with E-state index in [1.807, 2.05) is 49.4 Å². The lowest BCUT2D eigenvalue weighted by molar-refractivity contribution is 0.414. The van der Waals surface area contributed by atoms with Gasteiger partial charge in [-0.2, -0.15) is 10.2 Å². The van der Waals surface area contributed by atoms with Crippen LogP contribution in [0.25, 0.3) is 11.1 Å². The van der Waals surface area contributed by atoms with Crippen LogP contribution in [0.4, 0.5) is 5.82 Å². The zero-order valence-electron chi connectivity index (χ0n) is 16.5. The summed E-state index contributed by atoms with van der Waals surface area (Å²) < 4.78 is 32.0. The Kier molecular flexibility index (Phi) is 4.87. The van der Waals surface area contributed by atoms with E-state index in [0.29, 0.717) is 18.0 Å². The van der Waals surface area contributed by atoms with Gasteiger partial charge in [-0.1, -0.05) is 49.4 Å². The van der Waals surface area contributed by atoms with Crippen molar-refractivity contribution in [1.82, 2.24) is 9.78 Å². The summed E-state index contributed by atoms with van der Waals surface area (Å²) in [5, 5.41) is 9.08. The normalized spacial score (nSPS) is 16.0. The molecule has 0 fully saturated rings. The standard InChI is InChI=1S/C21H22N4O3S/c1-4-17-18(14-8-6-5-7-9-14)20-22-23-21(29(3,26)27)19(25(20)24-17)15-10-12-16(28-2)13-11-15/h5-13,19,22H,4H2,1-3H3. The summed E-state index contributed by atoms with van der Waals surface area (Å²) in [5.74, 6) is 1.38. The molecule has 1 aliphatic heterocycles. The Labute approximate surface area is 169 Å². The fourth-order valence-electron chi connectivity index (χ4n) is 3.56. The average Bonchev–Trinajstić information content (AvgIpc) is 3.12. The minimum absolute atomic E-state index is 0.0277. The van der Waals surface area contributed by atoms with E-state index in [1.54, 1.807) is 23.9 Å². The Balaban J connectivity index is 1.94. The molecule has 3 aromatic rings. The van der Waals surface area contributed by atoms with E-state index < -0.39 is 15.9 Å². The number of aromatic nitrogens is 2. The number of hydrogen-bond acceptors (Lipinski definition) is 6. The number of hydrazone groups is 1. The molecule has 0 aliphatic carbocycles. The maximum Gasteiger partial charge on any atom is 0.193 e. The largest absolute Gasteiger partial charge is 0.497 e. The molecular formula is C21H22N4O3S. The first-order chi connectivity index (χ1) is 13.9. The molecule has 2 aromatic carbocycles. The van der Waals surface area contributed by atoms with Gasteiger partial charge in [0.05, 0.1) is 12.8 Å². The molecule has 0 radical (unpaired) electrons. The SMILES string of the molecule is CCc1nn2c(c1-c1ccccc1)NN=C(S(C)(=O)=O)C2c1ccc(OC)cc1. The minimum atomic E-state index is -3.56. The van der Waals surface area contributed by atoms with Crippen LogP contribution >= 0.6 is 0 Å². The number of aryl methyl sites for hydroxylation is 1. The van der Waals surface area contributed by atoms with Gasteiger partial charge in [0.2, 0.25) is 0 Å². The molecule has 0 amide bonds. The Morgan fingerprint density at radius 3 is 2.38 bits per heavy atom. The lowest BCUT2D eigenvalue weighted by Crippen LogP contribution is -2.33. The van der Waals surface area contributed by atoms with Gasteiger partial charge in [-0.25, -0.2) is 13.1 Å². The van der Waals surface area contributed by atoms with Crippen LogP contribution in [0.1, 0.15) is 24.2 Å². The van der Waals surface area contributed by atoms with E-state index in [4.69, 9.17) is 9.84 Å². The van der Waals surface area contributed by atoms with Gasteiger partial charge in [0.15, 0.2) is 20.7 Å². The van der Waals surface area contributed by atoms with Crippen molar-refractivity contribution in [2.75, 3.05) is 18.8 Å². The van der Waals surface area contributed by atoms with E-state index in [0.717, 1.165) is 28.6 Å². The van der Waals surface area contributed by atoms with Crippen molar-refractivity contribution < 1.29 is 13.2 Å². The fourth-order valence-corrected chi connectivity index (χ4v) is 4.41. The number of nitrogens with zero attached hydrogens (tertiary/aromatic N) is 3. The number of rotatable bonds is 4. The second kappa shape index (κ2) is 7.36. The first-order valence-electron chi connectivity index (χ1n) is 9.28. The monoisotopic (exact) mass is 410 g/mol. The molecule has 1 aliphatic rings. The number of ether oxygens (including phenoxy) is 1. The van der Waals surface area contributed by atoms with Gasteiger partial charge >= 0.3 is 0 Å². The van der Waals surface area contributed by atoms with Crippen LogP contribution in [0.5, 0.6) is 5.75 Å². The molecule has 4 rings (SSSR count). The van der Waals surface area contributed by atoms with Crippen LogP contribution in [0.15, 0.2) is 59.7 Å². The van der Waals surface area contributed by atoms with Crippen molar-refractivity contribution in [3.8, 4) is 16.9 Å². The van der Waals surface area contributed by atoms with Crippen LogP contribution in [0.2, 0.25) is 0 Å². The fraction of sp³-hybridized carbons (Fsp3) is 0.238.